The summed E-state index contributed by atoms with van der Waals surface area (Å²) < 4.78 is 11.2. The molecular weight excluding hydrogens is 456 g/mol. The summed E-state index contributed by atoms with van der Waals surface area (Å²) in [5.41, 5.74) is 5.13. The maximum absolute atomic E-state index is 13.1. The van der Waals surface area contributed by atoms with Gasteiger partial charge in [0.25, 0.3) is 5.89 Å². The van der Waals surface area contributed by atoms with Gasteiger partial charge in [-0.2, -0.15) is 0 Å². The molecule has 0 amide bonds. The number of nitrogens with one attached hydrogen (secondary N) is 1. The normalized spacial score (nSPS) is 17.8. The highest BCUT2D eigenvalue weighted by atomic mass is 16.5. The number of morpholine rings is 1. The maximum Gasteiger partial charge on any atom is 0.317 e. The Morgan fingerprint density at radius 1 is 0.917 bits per heavy atom. The quantitative estimate of drug-likeness (QED) is 0.464. The molecule has 1 fully saturated rings. The van der Waals surface area contributed by atoms with Crippen LogP contribution >= 0.6 is 0 Å². The van der Waals surface area contributed by atoms with Crippen LogP contribution in [-0.2, 0) is 16.0 Å². The number of benzene rings is 2. The molecule has 4 aromatic rings. The number of ether oxygens (including phenoxy) is 1. The summed E-state index contributed by atoms with van der Waals surface area (Å²) in [6.07, 6.45) is 1.18. The number of hydrogen-bond donors (Lipinski definition) is 1. The van der Waals surface area contributed by atoms with Crippen LogP contribution in [0.5, 0.6) is 0 Å². The number of rotatable bonds is 5. The van der Waals surface area contributed by atoms with E-state index in [2.05, 4.69) is 25.4 Å². The van der Waals surface area contributed by atoms with Crippen molar-refractivity contribution in [2.45, 2.75) is 12.6 Å². The minimum Gasteiger partial charge on any atom is -0.402 e. The second-order valence-electron chi connectivity index (χ2n) is 8.60. The van der Waals surface area contributed by atoms with Crippen LogP contribution in [-0.4, -0.2) is 59.1 Å². The number of carbonyl (C=O) groups excluding carboxylic acids is 1. The van der Waals surface area contributed by atoms with Crippen LogP contribution in [0, 0.1) is 0 Å². The van der Waals surface area contributed by atoms with Crippen LogP contribution in [0.1, 0.15) is 16.7 Å². The molecule has 6 rings (SSSR count). The summed E-state index contributed by atoms with van der Waals surface area (Å²) in [5, 5.41) is 11.3. The summed E-state index contributed by atoms with van der Waals surface area (Å²) in [6.45, 7) is 3.08. The molecule has 0 saturated carbocycles. The van der Waals surface area contributed by atoms with Gasteiger partial charge in [0.2, 0.25) is 0 Å². The van der Waals surface area contributed by atoms with Gasteiger partial charge in [0.15, 0.2) is 11.9 Å². The number of aromatic nitrogens is 3. The zero-order chi connectivity index (χ0) is 24.3. The molecule has 1 unspecified atom stereocenters. The lowest BCUT2D eigenvalue weighted by molar-refractivity contribution is -0.119. The highest BCUT2D eigenvalue weighted by Gasteiger charge is 2.27. The molecule has 9 heteroatoms. The monoisotopic (exact) mass is 480 g/mol. The fraction of sp³-hybridized carbons (Fsp3) is 0.222. The fourth-order valence-corrected chi connectivity index (χ4v) is 4.42. The van der Waals surface area contributed by atoms with Gasteiger partial charge in [-0.25, -0.2) is 4.98 Å². The minimum absolute atomic E-state index is 0.0823. The third-order valence-electron chi connectivity index (χ3n) is 6.28. The topological polar surface area (TPSA) is 106 Å². The molecule has 1 N–H and O–H groups in total. The van der Waals surface area contributed by atoms with Gasteiger partial charge in [-0.05, 0) is 17.7 Å². The van der Waals surface area contributed by atoms with Crippen LogP contribution in [0.3, 0.4) is 0 Å². The summed E-state index contributed by atoms with van der Waals surface area (Å²) in [4.78, 5) is 24.7. The zero-order valence-electron chi connectivity index (χ0n) is 19.5. The van der Waals surface area contributed by atoms with Crippen molar-refractivity contribution in [3.05, 3.63) is 89.6 Å². The predicted octanol–water partition coefficient (Wildman–Crippen LogP) is 3.37. The minimum atomic E-state index is -0.863. The second kappa shape index (κ2) is 9.71. The maximum atomic E-state index is 13.1. The Balaban J connectivity index is 1.25. The number of anilines is 2. The lowest BCUT2D eigenvalue weighted by atomic mass is 9.96. The third kappa shape index (κ3) is 4.48. The number of fused-ring (bicyclic) bond motifs is 1. The SMILES string of the molecule is O=C1Cc2ccccc2C(c2ccccc2)=NC1Nc1nnc(-c2ccc(N3CCOCC3)cn2)o1. The van der Waals surface area contributed by atoms with Crippen molar-refractivity contribution in [1.82, 2.24) is 15.2 Å². The zero-order valence-corrected chi connectivity index (χ0v) is 19.5. The third-order valence-corrected chi connectivity index (χ3v) is 6.28. The van der Waals surface area contributed by atoms with E-state index < -0.39 is 6.17 Å². The standard InChI is InChI=1S/C27H24N6O3/c34-23-16-19-8-4-5-9-21(19)24(18-6-2-1-3-7-18)29-25(23)30-27-32-31-26(36-27)22-11-10-20(17-28-22)33-12-14-35-15-13-33/h1-11,17,25H,12-16H2,(H,30,32). The molecule has 0 bridgehead atoms. The van der Waals surface area contributed by atoms with Gasteiger partial charge in [0.05, 0.1) is 30.8 Å². The first kappa shape index (κ1) is 22.1. The Bertz CT molecular complexity index is 1390. The van der Waals surface area contributed by atoms with E-state index >= 15 is 0 Å². The summed E-state index contributed by atoms with van der Waals surface area (Å²) in [6, 6.07) is 21.6. The number of pyridine rings is 1. The Morgan fingerprint density at radius 2 is 1.72 bits per heavy atom. The number of Topliss-reactive ketones (excluding diaryl/α,β-unsaturated/α-hetero) is 1. The van der Waals surface area contributed by atoms with E-state index in [1.54, 1.807) is 6.20 Å². The van der Waals surface area contributed by atoms with Gasteiger partial charge >= 0.3 is 6.01 Å². The Morgan fingerprint density at radius 3 is 2.53 bits per heavy atom. The number of nitrogens with zero attached hydrogens (tertiary/aromatic N) is 5. The van der Waals surface area contributed by atoms with Gasteiger partial charge in [-0.1, -0.05) is 59.7 Å². The molecule has 180 valence electrons. The van der Waals surface area contributed by atoms with E-state index in [1.165, 1.54) is 0 Å². The molecule has 2 aromatic heterocycles. The molecule has 2 aliphatic rings. The molecule has 0 radical (unpaired) electrons. The summed E-state index contributed by atoms with van der Waals surface area (Å²) in [5.74, 6) is 0.184. The van der Waals surface area contributed by atoms with E-state index in [0.29, 0.717) is 18.9 Å². The number of ketones is 1. The van der Waals surface area contributed by atoms with Gasteiger partial charge in [0, 0.05) is 30.6 Å². The largest absolute Gasteiger partial charge is 0.402 e. The lowest BCUT2D eigenvalue weighted by Gasteiger charge is -2.28. The van der Waals surface area contributed by atoms with Gasteiger partial charge < -0.3 is 19.4 Å². The summed E-state index contributed by atoms with van der Waals surface area (Å²) >= 11 is 0. The Labute approximate surface area is 207 Å². The molecule has 1 saturated heterocycles. The van der Waals surface area contributed by atoms with Crippen LogP contribution in [0.4, 0.5) is 11.7 Å². The van der Waals surface area contributed by atoms with Gasteiger partial charge in [0.1, 0.15) is 5.69 Å². The van der Waals surface area contributed by atoms with Crippen LogP contribution in [0.2, 0.25) is 0 Å². The second-order valence-corrected chi connectivity index (χ2v) is 8.60. The van der Waals surface area contributed by atoms with Crippen molar-refractivity contribution in [2.75, 3.05) is 36.5 Å². The molecule has 0 aliphatic carbocycles. The van der Waals surface area contributed by atoms with Crippen molar-refractivity contribution in [2.24, 2.45) is 4.99 Å². The average molecular weight is 481 g/mol. The highest BCUT2D eigenvalue weighted by molar-refractivity contribution is 6.16. The first-order chi connectivity index (χ1) is 17.7. The van der Waals surface area contributed by atoms with Crippen LogP contribution < -0.4 is 10.2 Å². The first-order valence-electron chi connectivity index (χ1n) is 11.9. The molecule has 4 heterocycles. The van der Waals surface area contributed by atoms with E-state index in [4.69, 9.17) is 14.1 Å². The van der Waals surface area contributed by atoms with E-state index in [1.807, 2.05) is 66.7 Å². The molecule has 0 spiro atoms. The Hall–Kier alpha value is -4.37. The predicted molar refractivity (Wildman–Crippen MR) is 135 cm³/mol. The number of hydrogen-bond acceptors (Lipinski definition) is 9. The van der Waals surface area contributed by atoms with Crippen molar-refractivity contribution in [3.8, 4) is 11.6 Å². The van der Waals surface area contributed by atoms with E-state index in [9.17, 15) is 4.79 Å². The van der Waals surface area contributed by atoms with Crippen LogP contribution in [0.25, 0.3) is 11.6 Å². The number of carbonyl (C=O) groups is 1. The average Bonchev–Trinajstić information content (AvgIpc) is 3.36. The fourth-order valence-electron chi connectivity index (χ4n) is 4.42. The van der Waals surface area contributed by atoms with E-state index in [0.717, 1.165) is 41.2 Å². The van der Waals surface area contributed by atoms with Crippen LogP contribution in [0.15, 0.2) is 82.3 Å². The lowest BCUT2D eigenvalue weighted by Crippen LogP contribution is -2.36. The van der Waals surface area contributed by atoms with Crippen molar-refractivity contribution >= 4 is 23.2 Å². The smallest absolute Gasteiger partial charge is 0.317 e. The van der Waals surface area contributed by atoms with Crippen molar-refractivity contribution in [1.29, 1.82) is 0 Å². The number of aliphatic imine (C=N–C) groups is 1. The molecule has 36 heavy (non-hydrogen) atoms. The molecule has 1 atom stereocenters. The van der Waals surface area contributed by atoms with E-state index in [-0.39, 0.29) is 24.1 Å². The molecular formula is C27H24N6O3. The highest BCUT2D eigenvalue weighted by Crippen LogP contribution is 2.25. The Kier molecular flexibility index (Phi) is 5.96. The van der Waals surface area contributed by atoms with Gasteiger partial charge in [-0.3, -0.25) is 9.79 Å². The molecule has 2 aromatic carbocycles. The molecule has 2 aliphatic heterocycles. The summed E-state index contributed by atoms with van der Waals surface area (Å²) in [7, 11) is 0. The molecule has 9 nitrogen and oxygen atoms in total. The van der Waals surface area contributed by atoms with Crippen molar-refractivity contribution < 1.29 is 13.9 Å². The van der Waals surface area contributed by atoms with Crippen molar-refractivity contribution in [3.63, 3.8) is 0 Å². The van der Waals surface area contributed by atoms with Gasteiger partial charge in [-0.15, -0.1) is 5.10 Å². The first-order valence-corrected chi connectivity index (χ1v) is 11.9.